The highest BCUT2D eigenvalue weighted by molar-refractivity contribution is 5.59. The molecule has 0 saturated carbocycles. The second-order valence-electron chi connectivity index (χ2n) is 3.85. The lowest BCUT2D eigenvalue weighted by molar-refractivity contribution is 1.00. The number of imidazole rings is 1. The number of anilines is 1. The first-order valence-electron chi connectivity index (χ1n) is 4.96. The first-order chi connectivity index (χ1) is 7.09. The van der Waals surface area contributed by atoms with Gasteiger partial charge in [-0.1, -0.05) is 6.07 Å². The molecule has 0 radical (unpaired) electrons. The van der Waals surface area contributed by atoms with Crippen LogP contribution < -0.4 is 5.73 Å². The van der Waals surface area contributed by atoms with Crippen molar-refractivity contribution in [3.05, 3.63) is 41.5 Å². The Hall–Kier alpha value is -1.77. The van der Waals surface area contributed by atoms with Crippen molar-refractivity contribution in [1.29, 1.82) is 0 Å². The quantitative estimate of drug-likeness (QED) is 0.720. The maximum atomic E-state index is 5.98. The Bertz CT molecular complexity index is 498. The molecule has 0 fully saturated rings. The summed E-state index contributed by atoms with van der Waals surface area (Å²) in [5.41, 5.74) is 11.1. The van der Waals surface area contributed by atoms with Crippen LogP contribution in [0.3, 0.4) is 0 Å². The van der Waals surface area contributed by atoms with Crippen LogP contribution in [0.25, 0.3) is 5.69 Å². The fourth-order valence-electron chi connectivity index (χ4n) is 1.63. The predicted molar refractivity (Wildman–Crippen MR) is 62.2 cm³/mol. The van der Waals surface area contributed by atoms with Crippen LogP contribution in [0.4, 0.5) is 5.69 Å². The van der Waals surface area contributed by atoms with E-state index in [-0.39, 0.29) is 0 Å². The number of nitrogens with two attached hydrogens (primary N) is 1. The van der Waals surface area contributed by atoms with Crippen molar-refractivity contribution >= 4 is 5.69 Å². The van der Waals surface area contributed by atoms with Crippen molar-refractivity contribution in [2.45, 2.75) is 20.8 Å². The molecular formula is C12H15N3. The minimum atomic E-state index is 0.788. The summed E-state index contributed by atoms with van der Waals surface area (Å²) in [6.45, 7) is 6.07. The summed E-state index contributed by atoms with van der Waals surface area (Å²) in [6.07, 6.45) is 1.81. The summed E-state index contributed by atoms with van der Waals surface area (Å²) < 4.78 is 2.02. The van der Waals surface area contributed by atoms with Gasteiger partial charge < -0.3 is 10.3 Å². The molecule has 15 heavy (non-hydrogen) atoms. The van der Waals surface area contributed by atoms with E-state index in [9.17, 15) is 0 Å². The van der Waals surface area contributed by atoms with Gasteiger partial charge in [-0.2, -0.15) is 0 Å². The monoisotopic (exact) mass is 201 g/mol. The molecule has 1 aromatic heterocycles. The summed E-state index contributed by atoms with van der Waals surface area (Å²) in [7, 11) is 0. The average molecular weight is 201 g/mol. The van der Waals surface area contributed by atoms with E-state index in [0.29, 0.717) is 0 Å². The Morgan fingerprint density at radius 3 is 2.47 bits per heavy atom. The number of aromatic nitrogens is 2. The zero-order valence-corrected chi connectivity index (χ0v) is 9.28. The van der Waals surface area contributed by atoms with Gasteiger partial charge in [0.25, 0.3) is 0 Å². The molecule has 1 heterocycles. The van der Waals surface area contributed by atoms with E-state index in [1.807, 2.05) is 43.8 Å². The molecule has 0 amide bonds. The molecule has 0 spiro atoms. The van der Waals surface area contributed by atoms with Crippen LogP contribution in [0.1, 0.15) is 17.0 Å². The van der Waals surface area contributed by atoms with Gasteiger partial charge in [0.1, 0.15) is 0 Å². The molecule has 3 nitrogen and oxygen atoms in total. The third-order valence-corrected chi connectivity index (χ3v) is 2.69. The average Bonchev–Trinajstić information content (AvgIpc) is 2.49. The molecule has 78 valence electrons. The van der Waals surface area contributed by atoms with Gasteiger partial charge in [0.15, 0.2) is 0 Å². The van der Waals surface area contributed by atoms with E-state index in [1.54, 1.807) is 0 Å². The largest absolute Gasteiger partial charge is 0.397 e. The second kappa shape index (κ2) is 3.42. The normalized spacial score (nSPS) is 10.6. The summed E-state index contributed by atoms with van der Waals surface area (Å²) in [6, 6.07) is 6.06. The topological polar surface area (TPSA) is 43.8 Å². The van der Waals surface area contributed by atoms with Crippen molar-refractivity contribution < 1.29 is 0 Å². The van der Waals surface area contributed by atoms with E-state index in [4.69, 9.17) is 5.73 Å². The van der Waals surface area contributed by atoms with Crippen LogP contribution in [0.5, 0.6) is 0 Å². The highest BCUT2D eigenvalue weighted by Gasteiger charge is 2.06. The molecule has 3 heteroatoms. The molecule has 2 aromatic rings. The zero-order valence-electron chi connectivity index (χ0n) is 9.28. The molecule has 2 N–H and O–H groups in total. The molecule has 0 aliphatic carbocycles. The van der Waals surface area contributed by atoms with Crippen LogP contribution in [0.15, 0.2) is 24.5 Å². The van der Waals surface area contributed by atoms with Gasteiger partial charge in [-0.3, -0.25) is 0 Å². The Kier molecular flexibility index (Phi) is 2.23. The molecule has 0 unspecified atom stereocenters. The van der Waals surface area contributed by atoms with Crippen LogP contribution in [0, 0.1) is 20.8 Å². The van der Waals surface area contributed by atoms with Crippen molar-refractivity contribution in [2.75, 3.05) is 5.73 Å². The Labute approximate surface area is 89.6 Å². The number of rotatable bonds is 1. The maximum Gasteiger partial charge on any atom is 0.0998 e. The van der Waals surface area contributed by atoms with Crippen molar-refractivity contribution in [1.82, 2.24) is 9.55 Å². The lowest BCUT2D eigenvalue weighted by Crippen LogP contribution is -2.00. The first kappa shape index (κ1) is 9.77. The molecule has 1 aromatic carbocycles. The molecule has 0 atom stereocenters. The van der Waals surface area contributed by atoms with Crippen molar-refractivity contribution in [3.8, 4) is 5.69 Å². The van der Waals surface area contributed by atoms with Gasteiger partial charge in [0, 0.05) is 5.69 Å². The Morgan fingerprint density at radius 2 is 1.93 bits per heavy atom. The number of aryl methyl sites for hydroxylation is 2. The summed E-state index contributed by atoms with van der Waals surface area (Å²) >= 11 is 0. The van der Waals surface area contributed by atoms with Gasteiger partial charge in [0.2, 0.25) is 0 Å². The number of nitrogen functional groups attached to an aromatic ring is 1. The summed E-state index contributed by atoms with van der Waals surface area (Å²) in [4.78, 5) is 4.26. The Morgan fingerprint density at radius 1 is 1.20 bits per heavy atom. The van der Waals surface area contributed by atoms with Gasteiger partial charge in [-0.25, -0.2) is 4.98 Å². The number of benzene rings is 1. The minimum Gasteiger partial charge on any atom is -0.397 e. The highest BCUT2D eigenvalue weighted by Crippen LogP contribution is 2.21. The lowest BCUT2D eigenvalue weighted by Gasteiger charge is -2.09. The smallest absolute Gasteiger partial charge is 0.0998 e. The van der Waals surface area contributed by atoms with Gasteiger partial charge in [0.05, 0.1) is 23.4 Å². The van der Waals surface area contributed by atoms with Crippen LogP contribution in [-0.2, 0) is 0 Å². The molecule has 0 aliphatic heterocycles. The molecular weight excluding hydrogens is 186 g/mol. The SMILES string of the molecule is Cc1ccc(-n2cnc(C)c2C)c(N)c1. The van der Waals surface area contributed by atoms with E-state index < -0.39 is 0 Å². The van der Waals surface area contributed by atoms with E-state index in [0.717, 1.165) is 22.8 Å². The van der Waals surface area contributed by atoms with E-state index >= 15 is 0 Å². The third-order valence-electron chi connectivity index (χ3n) is 2.69. The number of hydrogen-bond donors (Lipinski definition) is 1. The van der Waals surface area contributed by atoms with Crippen molar-refractivity contribution in [2.24, 2.45) is 0 Å². The maximum absolute atomic E-state index is 5.98. The zero-order chi connectivity index (χ0) is 11.0. The number of nitrogens with zero attached hydrogens (tertiary/aromatic N) is 2. The van der Waals surface area contributed by atoms with Gasteiger partial charge >= 0.3 is 0 Å². The van der Waals surface area contributed by atoms with E-state index in [1.165, 1.54) is 5.56 Å². The predicted octanol–water partition coefficient (Wildman–Crippen LogP) is 2.38. The first-order valence-corrected chi connectivity index (χ1v) is 4.96. The van der Waals surface area contributed by atoms with Crippen molar-refractivity contribution in [3.63, 3.8) is 0 Å². The third kappa shape index (κ3) is 1.61. The van der Waals surface area contributed by atoms with Gasteiger partial charge in [-0.15, -0.1) is 0 Å². The Balaban J connectivity index is 2.59. The fraction of sp³-hybridized carbons (Fsp3) is 0.250. The molecule has 0 bridgehead atoms. The highest BCUT2D eigenvalue weighted by atomic mass is 15.1. The standard InChI is InChI=1S/C12H15N3/c1-8-4-5-12(11(13)6-8)15-7-14-9(2)10(15)3/h4-7H,13H2,1-3H3. The number of hydrogen-bond acceptors (Lipinski definition) is 2. The van der Waals surface area contributed by atoms with Gasteiger partial charge in [-0.05, 0) is 38.5 Å². The fourth-order valence-corrected chi connectivity index (χ4v) is 1.63. The van der Waals surface area contributed by atoms with Crippen LogP contribution >= 0.6 is 0 Å². The summed E-state index contributed by atoms with van der Waals surface area (Å²) in [5.74, 6) is 0. The van der Waals surface area contributed by atoms with Crippen LogP contribution in [-0.4, -0.2) is 9.55 Å². The molecule has 2 rings (SSSR count). The second-order valence-corrected chi connectivity index (χ2v) is 3.85. The summed E-state index contributed by atoms with van der Waals surface area (Å²) in [5, 5.41) is 0. The van der Waals surface area contributed by atoms with E-state index in [2.05, 4.69) is 11.1 Å². The lowest BCUT2D eigenvalue weighted by atomic mass is 10.2. The van der Waals surface area contributed by atoms with Crippen LogP contribution in [0.2, 0.25) is 0 Å². The molecule has 0 saturated heterocycles. The molecule has 0 aliphatic rings. The minimum absolute atomic E-state index is 0.788.